The Balaban J connectivity index is 1.78. The van der Waals surface area contributed by atoms with E-state index in [2.05, 4.69) is 59.2 Å². The lowest BCUT2D eigenvalue weighted by molar-refractivity contribution is 0.0637. The number of anilines is 2. The molecule has 1 aliphatic rings. The minimum Gasteiger partial charge on any atom is -0.340 e. The highest BCUT2D eigenvalue weighted by Crippen LogP contribution is 2.26. The number of piperazine rings is 1. The summed E-state index contributed by atoms with van der Waals surface area (Å²) in [6.07, 6.45) is 3.35. The van der Waals surface area contributed by atoms with Crippen LogP contribution < -0.4 is 5.32 Å². The van der Waals surface area contributed by atoms with Gasteiger partial charge in [0.2, 0.25) is 0 Å². The summed E-state index contributed by atoms with van der Waals surface area (Å²) in [5.41, 5.74) is 4.04. The molecular weight excluding hydrogens is 338 g/mol. The van der Waals surface area contributed by atoms with Crippen LogP contribution in [0.2, 0.25) is 0 Å². The lowest BCUT2D eigenvalue weighted by Crippen LogP contribution is -2.48. The molecule has 6 heteroatoms. The molecule has 1 saturated heterocycles. The predicted molar refractivity (Wildman–Crippen MR) is 109 cm³/mol. The number of carbonyl (C=O) groups excluding carboxylic acids is 1. The first kappa shape index (κ1) is 19.3. The molecule has 1 aliphatic heterocycles. The summed E-state index contributed by atoms with van der Waals surface area (Å²) in [6.45, 7) is 10.8. The van der Waals surface area contributed by atoms with Crippen LogP contribution in [0.15, 0.2) is 30.6 Å². The van der Waals surface area contributed by atoms with Gasteiger partial charge in [0.25, 0.3) is 5.91 Å². The number of rotatable bonds is 6. The number of hydrogen-bond acceptors (Lipinski definition) is 5. The van der Waals surface area contributed by atoms with Crippen LogP contribution in [0.5, 0.6) is 0 Å². The number of aryl methyl sites for hydroxylation is 2. The first-order valence-corrected chi connectivity index (χ1v) is 9.87. The molecule has 0 spiro atoms. The maximum absolute atomic E-state index is 12.8. The van der Waals surface area contributed by atoms with Gasteiger partial charge in [-0.2, -0.15) is 0 Å². The summed E-state index contributed by atoms with van der Waals surface area (Å²) < 4.78 is 0. The van der Waals surface area contributed by atoms with E-state index in [4.69, 9.17) is 0 Å². The molecule has 1 N–H and O–H groups in total. The number of hydrogen-bond donors (Lipinski definition) is 1. The summed E-state index contributed by atoms with van der Waals surface area (Å²) in [5, 5.41) is 3.43. The van der Waals surface area contributed by atoms with Crippen molar-refractivity contribution in [3.05, 3.63) is 47.4 Å². The highest BCUT2D eigenvalue weighted by molar-refractivity contribution is 5.93. The van der Waals surface area contributed by atoms with Gasteiger partial charge < -0.3 is 15.1 Å². The fourth-order valence-corrected chi connectivity index (χ4v) is 3.50. The number of benzene rings is 1. The smallest absolute Gasteiger partial charge is 0.272 e. The van der Waals surface area contributed by atoms with Crippen molar-refractivity contribution in [1.29, 1.82) is 0 Å². The Labute approximate surface area is 161 Å². The molecule has 27 heavy (non-hydrogen) atoms. The van der Waals surface area contributed by atoms with E-state index in [-0.39, 0.29) is 5.91 Å². The summed E-state index contributed by atoms with van der Waals surface area (Å²) in [5.74, 6) is 0.645. The maximum atomic E-state index is 12.8. The van der Waals surface area contributed by atoms with Crippen molar-refractivity contribution in [2.45, 2.75) is 33.6 Å². The van der Waals surface area contributed by atoms with Gasteiger partial charge in [0.15, 0.2) is 0 Å². The third kappa shape index (κ3) is 4.45. The molecule has 0 unspecified atom stereocenters. The van der Waals surface area contributed by atoms with E-state index in [0.717, 1.165) is 51.3 Å². The van der Waals surface area contributed by atoms with Gasteiger partial charge in [-0.1, -0.05) is 39.0 Å². The highest BCUT2D eigenvalue weighted by Gasteiger charge is 2.22. The molecule has 1 fully saturated rings. The normalized spacial score (nSPS) is 15.0. The van der Waals surface area contributed by atoms with E-state index in [1.165, 1.54) is 17.5 Å². The molecular formula is C21H29N5O. The molecule has 2 heterocycles. The zero-order valence-corrected chi connectivity index (χ0v) is 16.5. The molecule has 1 amide bonds. The second-order valence-corrected chi connectivity index (χ2v) is 6.80. The van der Waals surface area contributed by atoms with Crippen molar-refractivity contribution in [2.75, 3.05) is 38.0 Å². The monoisotopic (exact) mass is 367 g/mol. The van der Waals surface area contributed by atoms with E-state index in [0.29, 0.717) is 11.5 Å². The Bertz CT molecular complexity index is 762. The van der Waals surface area contributed by atoms with Gasteiger partial charge in [-0.05, 0) is 30.5 Å². The summed E-state index contributed by atoms with van der Waals surface area (Å²) in [4.78, 5) is 25.6. The van der Waals surface area contributed by atoms with Crippen LogP contribution in [0.25, 0.3) is 0 Å². The second-order valence-electron chi connectivity index (χ2n) is 6.80. The zero-order chi connectivity index (χ0) is 19.2. The Morgan fingerprint density at radius 3 is 2.30 bits per heavy atom. The first-order chi connectivity index (χ1) is 13.2. The fourth-order valence-electron chi connectivity index (χ4n) is 3.50. The Morgan fingerprint density at radius 1 is 1.04 bits per heavy atom. The van der Waals surface area contributed by atoms with Crippen LogP contribution in [0.1, 0.15) is 42.4 Å². The largest absolute Gasteiger partial charge is 0.340 e. The van der Waals surface area contributed by atoms with Crippen molar-refractivity contribution >= 4 is 17.4 Å². The molecule has 6 nitrogen and oxygen atoms in total. The molecule has 1 aromatic carbocycles. The number of nitrogens with zero attached hydrogens (tertiary/aromatic N) is 4. The molecule has 2 aromatic rings. The van der Waals surface area contributed by atoms with Gasteiger partial charge >= 0.3 is 0 Å². The number of aromatic nitrogens is 2. The molecule has 0 aliphatic carbocycles. The Morgan fingerprint density at radius 2 is 1.70 bits per heavy atom. The lowest BCUT2D eigenvalue weighted by Gasteiger charge is -2.33. The van der Waals surface area contributed by atoms with Crippen LogP contribution >= 0.6 is 0 Å². The van der Waals surface area contributed by atoms with Gasteiger partial charge in [-0.15, -0.1) is 0 Å². The first-order valence-electron chi connectivity index (χ1n) is 9.87. The van der Waals surface area contributed by atoms with Crippen LogP contribution in [0.4, 0.5) is 11.5 Å². The quantitative estimate of drug-likeness (QED) is 0.850. The summed E-state index contributed by atoms with van der Waals surface area (Å²) in [6, 6.07) is 8.11. The lowest BCUT2D eigenvalue weighted by atomic mass is 10.0. The number of carbonyl (C=O) groups is 1. The molecule has 144 valence electrons. The fraction of sp³-hybridized carbons (Fsp3) is 0.476. The number of amides is 1. The van der Waals surface area contributed by atoms with Crippen molar-refractivity contribution < 1.29 is 4.79 Å². The molecule has 0 radical (unpaired) electrons. The van der Waals surface area contributed by atoms with E-state index in [1.54, 1.807) is 6.07 Å². The molecule has 0 atom stereocenters. The van der Waals surface area contributed by atoms with Crippen LogP contribution in [-0.4, -0.2) is 58.4 Å². The second kappa shape index (κ2) is 8.95. The van der Waals surface area contributed by atoms with Crippen LogP contribution in [0, 0.1) is 0 Å². The van der Waals surface area contributed by atoms with Crippen molar-refractivity contribution in [3.8, 4) is 0 Å². The zero-order valence-electron chi connectivity index (χ0n) is 16.5. The van der Waals surface area contributed by atoms with Gasteiger partial charge in [0.05, 0.1) is 0 Å². The minimum atomic E-state index is -0.0179. The number of para-hydroxylation sites is 1. The standard InChI is InChI=1S/C21H29N5O/c1-4-16-8-7-9-17(5-2)20(16)24-19-14-18(22-15-23-19)21(27)26-12-10-25(6-3)11-13-26/h7-9,14-15H,4-6,10-13H2,1-3H3,(H,22,23,24). The average molecular weight is 367 g/mol. The van der Waals surface area contributed by atoms with Gasteiger partial charge in [0.1, 0.15) is 17.8 Å². The summed E-state index contributed by atoms with van der Waals surface area (Å²) in [7, 11) is 0. The highest BCUT2D eigenvalue weighted by atomic mass is 16.2. The van der Waals surface area contributed by atoms with E-state index >= 15 is 0 Å². The van der Waals surface area contributed by atoms with Crippen LogP contribution in [0.3, 0.4) is 0 Å². The average Bonchev–Trinajstić information content (AvgIpc) is 2.73. The molecule has 0 saturated carbocycles. The van der Waals surface area contributed by atoms with E-state index in [1.807, 2.05) is 4.90 Å². The van der Waals surface area contributed by atoms with Crippen molar-refractivity contribution in [3.63, 3.8) is 0 Å². The van der Waals surface area contributed by atoms with Gasteiger partial charge in [0, 0.05) is 37.9 Å². The number of nitrogens with one attached hydrogen (secondary N) is 1. The molecule has 1 aromatic heterocycles. The number of likely N-dealkylation sites (N-methyl/N-ethyl adjacent to an activating group) is 1. The SMILES string of the molecule is CCc1cccc(CC)c1Nc1cc(C(=O)N2CCN(CC)CC2)ncn1. The Kier molecular flexibility index (Phi) is 6.40. The maximum Gasteiger partial charge on any atom is 0.272 e. The van der Waals surface area contributed by atoms with Crippen LogP contribution in [-0.2, 0) is 12.8 Å². The third-order valence-corrected chi connectivity index (χ3v) is 5.24. The molecule has 3 rings (SSSR count). The van der Waals surface area contributed by atoms with Crippen molar-refractivity contribution in [1.82, 2.24) is 19.8 Å². The van der Waals surface area contributed by atoms with E-state index < -0.39 is 0 Å². The van der Waals surface area contributed by atoms with Gasteiger partial charge in [-0.3, -0.25) is 4.79 Å². The van der Waals surface area contributed by atoms with Crippen molar-refractivity contribution in [2.24, 2.45) is 0 Å². The van der Waals surface area contributed by atoms with E-state index in [9.17, 15) is 4.79 Å². The summed E-state index contributed by atoms with van der Waals surface area (Å²) >= 11 is 0. The van der Waals surface area contributed by atoms with Gasteiger partial charge in [-0.25, -0.2) is 9.97 Å². The third-order valence-electron chi connectivity index (χ3n) is 5.24. The topological polar surface area (TPSA) is 61.4 Å². The minimum absolute atomic E-state index is 0.0179. The molecule has 0 bridgehead atoms. The predicted octanol–water partition coefficient (Wildman–Crippen LogP) is 3.12. The Hall–Kier alpha value is -2.47.